The first-order chi connectivity index (χ1) is 12.1. The lowest BCUT2D eigenvalue weighted by Gasteiger charge is -2.13. The summed E-state index contributed by atoms with van der Waals surface area (Å²) < 4.78 is 42.2. The van der Waals surface area contributed by atoms with Crippen molar-refractivity contribution in [2.45, 2.75) is 39.5 Å². The lowest BCUT2D eigenvalue weighted by molar-refractivity contribution is -0.140. The van der Waals surface area contributed by atoms with E-state index in [0.717, 1.165) is 33.8 Å². The average Bonchev–Trinajstić information content (AvgIpc) is 3.21. The lowest BCUT2D eigenvalue weighted by atomic mass is 10.1. The molecule has 3 aromatic rings. The fraction of sp³-hybridized carbons (Fsp3) is 0.438. The van der Waals surface area contributed by atoms with Crippen LogP contribution in [0.1, 0.15) is 46.5 Å². The summed E-state index contributed by atoms with van der Waals surface area (Å²) in [6, 6.07) is 0.938. The number of thiophene rings is 1. The summed E-state index contributed by atoms with van der Waals surface area (Å²) in [5, 5.41) is 10.5. The zero-order valence-corrected chi connectivity index (χ0v) is 15.5. The third-order valence-electron chi connectivity index (χ3n) is 4.26. The second-order valence-electron chi connectivity index (χ2n) is 6.00. The zero-order valence-electron chi connectivity index (χ0n) is 14.7. The minimum atomic E-state index is -4.56. The van der Waals surface area contributed by atoms with Crippen LogP contribution in [0.2, 0.25) is 0 Å². The predicted molar refractivity (Wildman–Crippen MR) is 92.1 cm³/mol. The van der Waals surface area contributed by atoms with Gasteiger partial charge in [-0.05, 0) is 26.8 Å². The second kappa shape index (κ2) is 6.42. The maximum Gasteiger partial charge on any atom is 0.435 e. The second-order valence-corrected chi connectivity index (χ2v) is 7.03. The number of carbonyl (C=O) groups excluding carboxylic acids is 1. The van der Waals surface area contributed by atoms with Gasteiger partial charge in [-0.2, -0.15) is 23.4 Å². The molecular weight excluding hydrogens is 367 g/mol. The van der Waals surface area contributed by atoms with Gasteiger partial charge in [0, 0.05) is 30.2 Å². The summed E-state index contributed by atoms with van der Waals surface area (Å²) in [5.74, 6) is -0.421. The van der Waals surface area contributed by atoms with E-state index in [2.05, 4.69) is 15.5 Å². The van der Waals surface area contributed by atoms with Gasteiger partial charge in [-0.3, -0.25) is 14.2 Å². The Morgan fingerprint density at radius 3 is 2.69 bits per heavy atom. The number of hydrogen-bond acceptors (Lipinski definition) is 4. The van der Waals surface area contributed by atoms with Gasteiger partial charge in [0.1, 0.15) is 4.83 Å². The number of fused-ring (bicyclic) bond motifs is 1. The molecule has 1 unspecified atom stereocenters. The Kier molecular flexibility index (Phi) is 4.55. The fourth-order valence-electron chi connectivity index (χ4n) is 2.91. The number of rotatable bonds is 4. The Morgan fingerprint density at radius 1 is 1.42 bits per heavy atom. The molecule has 3 heterocycles. The van der Waals surface area contributed by atoms with Crippen molar-refractivity contribution in [3.05, 3.63) is 34.1 Å². The number of nitrogens with one attached hydrogen (secondary N) is 1. The highest BCUT2D eigenvalue weighted by Gasteiger charge is 2.37. The molecule has 0 spiro atoms. The number of aryl methyl sites for hydroxylation is 2. The van der Waals surface area contributed by atoms with E-state index in [1.165, 1.54) is 13.1 Å². The summed E-state index contributed by atoms with van der Waals surface area (Å²) in [6.45, 7) is 6.42. The van der Waals surface area contributed by atoms with Gasteiger partial charge in [-0.25, -0.2) is 0 Å². The van der Waals surface area contributed by atoms with E-state index in [0.29, 0.717) is 4.83 Å². The highest BCUT2D eigenvalue weighted by Crippen LogP contribution is 2.37. The Morgan fingerprint density at radius 2 is 2.12 bits per heavy atom. The summed E-state index contributed by atoms with van der Waals surface area (Å²) in [5.41, 5.74) is 0.845. The highest BCUT2D eigenvalue weighted by molar-refractivity contribution is 7.20. The molecule has 1 atom stereocenters. The molecule has 6 nitrogen and oxygen atoms in total. The molecule has 3 rings (SSSR count). The van der Waals surface area contributed by atoms with Gasteiger partial charge in [0.25, 0.3) is 5.91 Å². The van der Waals surface area contributed by atoms with Crippen LogP contribution in [0.25, 0.3) is 10.2 Å². The molecule has 26 heavy (non-hydrogen) atoms. The number of carbonyl (C=O) groups is 1. The predicted octanol–water partition coefficient (Wildman–Crippen LogP) is 3.67. The van der Waals surface area contributed by atoms with Crippen LogP contribution >= 0.6 is 11.3 Å². The van der Waals surface area contributed by atoms with Crippen molar-refractivity contribution in [2.24, 2.45) is 7.05 Å². The normalized spacial score (nSPS) is 13.3. The maximum absolute atomic E-state index is 13.1. The molecule has 0 fully saturated rings. The molecular formula is C16H18F3N5OS. The highest BCUT2D eigenvalue weighted by atomic mass is 32.1. The Balaban J connectivity index is 1.87. The third-order valence-corrected chi connectivity index (χ3v) is 5.46. The first-order valence-corrected chi connectivity index (χ1v) is 8.82. The summed E-state index contributed by atoms with van der Waals surface area (Å²) in [7, 11) is 1.43. The number of aromatic nitrogens is 4. The van der Waals surface area contributed by atoms with Crippen molar-refractivity contribution in [1.82, 2.24) is 24.9 Å². The number of amides is 1. The van der Waals surface area contributed by atoms with Gasteiger partial charge in [-0.15, -0.1) is 11.3 Å². The molecule has 0 aliphatic heterocycles. The van der Waals surface area contributed by atoms with Gasteiger partial charge in [0.15, 0.2) is 5.69 Å². The molecule has 1 N–H and O–H groups in total. The van der Waals surface area contributed by atoms with Gasteiger partial charge in [-0.1, -0.05) is 0 Å². The molecule has 0 saturated heterocycles. The molecule has 140 valence electrons. The quantitative estimate of drug-likeness (QED) is 0.745. The van der Waals surface area contributed by atoms with E-state index in [-0.39, 0.29) is 16.3 Å². The van der Waals surface area contributed by atoms with Crippen molar-refractivity contribution < 1.29 is 18.0 Å². The molecule has 3 aromatic heterocycles. The van der Waals surface area contributed by atoms with Gasteiger partial charge in [0.05, 0.1) is 17.1 Å². The van der Waals surface area contributed by atoms with Crippen molar-refractivity contribution in [3.8, 4) is 0 Å². The van der Waals surface area contributed by atoms with Crippen LogP contribution in [0, 0.1) is 6.92 Å². The first kappa shape index (κ1) is 18.4. The lowest BCUT2D eigenvalue weighted by Crippen LogP contribution is -2.26. The zero-order chi connectivity index (χ0) is 19.2. The van der Waals surface area contributed by atoms with Crippen LogP contribution in [0.3, 0.4) is 0 Å². The van der Waals surface area contributed by atoms with Crippen LogP contribution in [-0.4, -0.2) is 25.5 Å². The molecule has 1 amide bonds. The summed E-state index contributed by atoms with van der Waals surface area (Å²) in [4.78, 5) is 13.0. The van der Waals surface area contributed by atoms with Crippen LogP contribution in [-0.2, 0) is 19.8 Å². The van der Waals surface area contributed by atoms with Gasteiger partial charge < -0.3 is 5.32 Å². The van der Waals surface area contributed by atoms with Gasteiger partial charge in [0.2, 0.25) is 0 Å². The minimum Gasteiger partial charge on any atom is -0.345 e. The maximum atomic E-state index is 13.1. The Hall–Kier alpha value is -2.36. The minimum absolute atomic E-state index is 0.0576. The number of hydrogen-bond donors (Lipinski definition) is 1. The third kappa shape index (κ3) is 3.09. The number of nitrogens with zero attached hydrogens (tertiary/aromatic N) is 4. The van der Waals surface area contributed by atoms with Crippen LogP contribution < -0.4 is 5.32 Å². The largest absolute Gasteiger partial charge is 0.435 e. The summed E-state index contributed by atoms with van der Waals surface area (Å²) >= 11 is 0.988. The van der Waals surface area contributed by atoms with Crippen LogP contribution in [0.5, 0.6) is 0 Å². The van der Waals surface area contributed by atoms with Crippen molar-refractivity contribution in [2.75, 3.05) is 0 Å². The smallest absolute Gasteiger partial charge is 0.345 e. The number of halogens is 3. The monoisotopic (exact) mass is 385 g/mol. The van der Waals surface area contributed by atoms with E-state index in [1.807, 2.05) is 25.5 Å². The van der Waals surface area contributed by atoms with Crippen molar-refractivity contribution in [1.29, 1.82) is 0 Å². The van der Waals surface area contributed by atoms with Crippen molar-refractivity contribution in [3.63, 3.8) is 0 Å². The molecule has 0 radical (unpaired) electrons. The first-order valence-electron chi connectivity index (χ1n) is 8.00. The standard InChI is InChI=1S/C16H18F3N5OS/c1-5-24-9(3)11(7-20-24)8(2)21-14(25)12-6-10-13(16(17,18)19)22-23(4)15(10)26-12/h6-8H,5H2,1-4H3,(H,21,25). The summed E-state index contributed by atoms with van der Waals surface area (Å²) in [6.07, 6.45) is -2.87. The van der Waals surface area contributed by atoms with Gasteiger partial charge >= 0.3 is 6.18 Å². The van der Waals surface area contributed by atoms with E-state index in [1.54, 1.807) is 6.20 Å². The molecule has 10 heteroatoms. The van der Waals surface area contributed by atoms with Crippen LogP contribution in [0.4, 0.5) is 13.2 Å². The molecule has 0 aromatic carbocycles. The Labute approximate surface area is 151 Å². The van der Waals surface area contributed by atoms with E-state index < -0.39 is 17.8 Å². The molecule has 0 bridgehead atoms. The number of alkyl halides is 3. The topological polar surface area (TPSA) is 64.7 Å². The fourth-order valence-corrected chi connectivity index (χ4v) is 3.89. The molecule has 0 aliphatic carbocycles. The molecule has 0 aliphatic rings. The van der Waals surface area contributed by atoms with E-state index in [4.69, 9.17) is 0 Å². The average molecular weight is 385 g/mol. The van der Waals surface area contributed by atoms with E-state index in [9.17, 15) is 18.0 Å². The molecule has 0 saturated carbocycles. The van der Waals surface area contributed by atoms with Crippen LogP contribution in [0.15, 0.2) is 12.3 Å². The SMILES string of the molecule is CCn1ncc(C(C)NC(=O)c2cc3c(C(F)(F)F)nn(C)c3s2)c1C. The van der Waals surface area contributed by atoms with Crippen molar-refractivity contribution >= 4 is 27.5 Å². The van der Waals surface area contributed by atoms with E-state index >= 15 is 0 Å². The Bertz CT molecular complexity index is 969.